The largest absolute Gasteiger partial charge is 0.368 e. The van der Waals surface area contributed by atoms with Crippen LogP contribution in [0.15, 0.2) is 34.8 Å². The van der Waals surface area contributed by atoms with Crippen molar-refractivity contribution in [2.75, 3.05) is 18.0 Å². The summed E-state index contributed by atoms with van der Waals surface area (Å²) in [7, 11) is 0. The fourth-order valence-corrected chi connectivity index (χ4v) is 4.63. The van der Waals surface area contributed by atoms with E-state index in [4.69, 9.17) is 5.73 Å². The van der Waals surface area contributed by atoms with E-state index in [1.54, 1.807) is 17.5 Å². The van der Waals surface area contributed by atoms with Crippen molar-refractivity contribution in [1.29, 1.82) is 0 Å². The SMILES string of the molecule is Nc1ncc2c(n1)CN(C(=O)CSc1nc3ccccc3s1)CC2. The van der Waals surface area contributed by atoms with Crippen LogP contribution in [0.3, 0.4) is 0 Å². The summed E-state index contributed by atoms with van der Waals surface area (Å²) in [5, 5.41) is 0. The number of aromatic nitrogens is 3. The lowest BCUT2D eigenvalue weighted by molar-refractivity contribution is -0.129. The molecule has 0 unspecified atom stereocenters. The number of hydrogen-bond acceptors (Lipinski definition) is 7. The molecule has 1 amide bonds. The lowest BCUT2D eigenvalue weighted by Gasteiger charge is -2.27. The van der Waals surface area contributed by atoms with Crippen LogP contribution in [0.1, 0.15) is 11.3 Å². The highest BCUT2D eigenvalue weighted by atomic mass is 32.2. The molecule has 0 spiro atoms. The van der Waals surface area contributed by atoms with Crippen LogP contribution in [0.2, 0.25) is 0 Å². The molecule has 1 aromatic carbocycles. The molecule has 1 aliphatic rings. The van der Waals surface area contributed by atoms with E-state index in [0.717, 1.165) is 32.2 Å². The van der Waals surface area contributed by atoms with Crippen LogP contribution in [-0.2, 0) is 17.8 Å². The number of anilines is 1. The molecule has 0 fully saturated rings. The van der Waals surface area contributed by atoms with E-state index in [1.807, 2.05) is 29.2 Å². The fourth-order valence-electron chi connectivity index (χ4n) is 2.66. The molecular weight excluding hydrogens is 342 g/mol. The molecule has 3 heterocycles. The smallest absolute Gasteiger partial charge is 0.233 e. The van der Waals surface area contributed by atoms with Crippen molar-refractivity contribution in [2.24, 2.45) is 0 Å². The number of para-hydroxylation sites is 1. The topological polar surface area (TPSA) is 85.0 Å². The van der Waals surface area contributed by atoms with Crippen molar-refractivity contribution in [3.8, 4) is 0 Å². The lowest BCUT2D eigenvalue weighted by Crippen LogP contribution is -2.37. The second kappa shape index (κ2) is 6.37. The maximum absolute atomic E-state index is 12.5. The Kier molecular flexibility index (Phi) is 4.07. The highest BCUT2D eigenvalue weighted by Gasteiger charge is 2.22. The minimum absolute atomic E-state index is 0.0992. The monoisotopic (exact) mass is 357 g/mol. The van der Waals surface area contributed by atoms with Gasteiger partial charge < -0.3 is 10.6 Å². The standard InChI is InChI=1S/C16H15N5OS2/c17-15-18-7-10-5-6-21(8-12(10)19-15)14(22)9-23-16-20-11-3-1-2-4-13(11)24-16/h1-4,7H,5-6,8-9H2,(H2,17,18,19). The van der Waals surface area contributed by atoms with E-state index < -0.39 is 0 Å². The number of nitrogens with zero attached hydrogens (tertiary/aromatic N) is 4. The van der Waals surface area contributed by atoms with E-state index in [1.165, 1.54) is 11.8 Å². The number of amides is 1. The van der Waals surface area contributed by atoms with Gasteiger partial charge in [0.25, 0.3) is 0 Å². The second-order valence-corrected chi connectivity index (χ2v) is 7.75. The van der Waals surface area contributed by atoms with Crippen LogP contribution < -0.4 is 5.73 Å². The van der Waals surface area contributed by atoms with Crippen molar-refractivity contribution < 1.29 is 4.79 Å². The highest BCUT2D eigenvalue weighted by Crippen LogP contribution is 2.29. The first-order valence-electron chi connectivity index (χ1n) is 7.55. The van der Waals surface area contributed by atoms with Gasteiger partial charge in [-0.3, -0.25) is 4.79 Å². The Balaban J connectivity index is 1.41. The summed E-state index contributed by atoms with van der Waals surface area (Å²) in [5.74, 6) is 0.740. The van der Waals surface area contributed by atoms with Gasteiger partial charge in [0, 0.05) is 12.7 Å². The summed E-state index contributed by atoms with van der Waals surface area (Å²) >= 11 is 3.11. The van der Waals surface area contributed by atoms with Crippen LogP contribution >= 0.6 is 23.1 Å². The average molecular weight is 357 g/mol. The first-order chi connectivity index (χ1) is 11.7. The molecule has 2 aromatic heterocycles. The van der Waals surface area contributed by atoms with Crippen LogP contribution in [0.25, 0.3) is 10.2 Å². The van der Waals surface area contributed by atoms with E-state index in [-0.39, 0.29) is 11.9 Å². The predicted molar refractivity (Wildman–Crippen MR) is 95.9 cm³/mol. The molecule has 0 radical (unpaired) electrons. The number of fused-ring (bicyclic) bond motifs is 2. The Morgan fingerprint density at radius 2 is 2.21 bits per heavy atom. The minimum atomic E-state index is 0.0992. The normalized spacial score (nSPS) is 13.9. The Morgan fingerprint density at radius 3 is 3.08 bits per heavy atom. The van der Waals surface area contributed by atoms with E-state index in [2.05, 4.69) is 15.0 Å². The molecule has 0 bridgehead atoms. The van der Waals surface area contributed by atoms with Gasteiger partial charge in [0.1, 0.15) is 0 Å². The van der Waals surface area contributed by atoms with E-state index >= 15 is 0 Å². The lowest BCUT2D eigenvalue weighted by atomic mass is 10.1. The molecule has 122 valence electrons. The molecule has 4 rings (SSSR count). The van der Waals surface area contributed by atoms with Crippen LogP contribution in [0.5, 0.6) is 0 Å². The third-order valence-corrected chi connectivity index (χ3v) is 6.07. The summed E-state index contributed by atoms with van der Waals surface area (Å²) in [6.07, 6.45) is 2.53. The van der Waals surface area contributed by atoms with Crippen molar-refractivity contribution in [3.63, 3.8) is 0 Å². The zero-order valence-electron chi connectivity index (χ0n) is 12.8. The van der Waals surface area contributed by atoms with Gasteiger partial charge in [-0.15, -0.1) is 11.3 Å². The third kappa shape index (κ3) is 3.07. The molecule has 0 saturated carbocycles. The summed E-state index contributed by atoms with van der Waals surface area (Å²) in [4.78, 5) is 27.1. The summed E-state index contributed by atoms with van der Waals surface area (Å²) in [6, 6.07) is 8.01. The number of thioether (sulfide) groups is 1. The summed E-state index contributed by atoms with van der Waals surface area (Å²) < 4.78 is 2.07. The van der Waals surface area contributed by atoms with Gasteiger partial charge in [0.15, 0.2) is 4.34 Å². The number of carbonyl (C=O) groups is 1. The molecule has 3 aromatic rings. The molecule has 1 aliphatic heterocycles. The van der Waals surface area contributed by atoms with E-state index in [0.29, 0.717) is 18.8 Å². The molecule has 2 N–H and O–H groups in total. The van der Waals surface area contributed by atoms with Gasteiger partial charge in [-0.2, -0.15) is 0 Å². The van der Waals surface area contributed by atoms with Gasteiger partial charge >= 0.3 is 0 Å². The third-order valence-electron chi connectivity index (χ3n) is 3.91. The number of carbonyl (C=O) groups excluding carboxylic acids is 1. The first kappa shape index (κ1) is 15.3. The minimum Gasteiger partial charge on any atom is -0.368 e. The number of rotatable bonds is 3. The Morgan fingerprint density at radius 1 is 1.33 bits per heavy atom. The maximum Gasteiger partial charge on any atom is 0.233 e. The molecule has 0 saturated heterocycles. The van der Waals surface area contributed by atoms with Crippen LogP contribution in [0.4, 0.5) is 5.95 Å². The molecule has 24 heavy (non-hydrogen) atoms. The van der Waals surface area contributed by atoms with Gasteiger partial charge in [-0.05, 0) is 24.1 Å². The van der Waals surface area contributed by atoms with Crippen LogP contribution in [0, 0.1) is 0 Å². The van der Waals surface area contributed by atoms with Gasteiger partial charge in [-0.1, -0.05) is 23.9 Å². The molecule has 6 nitrogen and oxygen atoms in total. The highest BCUT2D eigenvalue weighted by molar-refractivity contribution is 8.01. The van der Waals surface area contributed by atoms with E-state index in [9.17, 15) is 4.79 Å². The van der Waals surface area contributed by atoms with Crippen molar-refractivity contribution >= 4 is 45.2 Å². The quantitative estimate of drug-likeness (QED) is 0.724. The number of hydrogen-bond donors (Lipinski definition) is 1. The van der Waals surface area contributed by atoms with Gasteiger partial charge in [-0.25, -0.2) is 15.0 Å². The van der Waals surface area contributed by atoms with Gasteiger partial charge in [0.2, 0.25) is 11.9 Å². The van der Waals surface area contributed by atoms with Crippen molar-refractivity contribution in [2.45, 2.75) is 17.3 Å². The number of benzene rings is 1. The number of nitrogen functional groups attached to an aromatic ring is 1. The first-order valence-corrected chi connectivity index (χ1v) is 9.35. The van der Waals surface area contributed by atoms with Gasteiger partial charge in [0.05, 0.1) is 28.2 Å². The molecular formula is C16H15N5OS2. The average Bonchev–Trinajstić information content (AvgIpc) is 3.02. The summed E-state index contributed by atoms with van der Waals surface area (Å²) in [6.45, 7) is 1.20. The molecule has 0 atom stereocenters. The Hall–Kier alpha value is -2.19. The zero-order valence-corrected chi connectivity index (χ0v) is 14.4. The van der Waals surface area contributed by atoms with Crippen molar-refractivity contribution in [3.05, 3.63) is 41.7 Å². The number of thiazole rings is 1. The number of nitrogens with two attached hydrogens (primary N) is 1. The van der Waals surface area contributed by atoms with Crippen molar-refractivity contribution in [1.82, 2.24) is 19.9 Å². The second-order valence-electron chi connectivity index (χ2n) is 5.50. The fraction of sp³-hybridized carbons (Fsp3) is 0.250. The molecule has 0 aliphatic carbocycles. The Bertz CT molecular complexity index is 877. The van der Waals surface area contributed by atoms with Crippen LogP contribution in [-0.4, -0.2) is 38.1 Å². The Labute approximate surface area is 147 Å². The zero-order chi connectivity index (χ0) is 16.5. The summed E-state index contributed by atoms with van der Waals surface area (Å²) in [5.41, 5.74) is 8.55. The molecule has 8 heteroatoms. The maximum atomic E-state index is 12.5. The predicted octanol–water partition coefficient (Wildman–Crippen LogP) is 2.35.